The first-order chi connectivity index (χ1) is 9.73. The Morgan fingerprint density at radius 3 is 2.38 bits per heavy atom. The predicted octanol–water partition coefficient (Wildman–Crippen LogP) is 3.87. The molecule has 5 nitrogen and oxygen atoms in total. The van der Waals surface area contributed by atoms with Crippen molar-refractivity contribution < 1.29 is 22.7 Å². The van der Waals surface area contributed by atoms with Gasteiger partial charge in [0.1, 0.15) is 0 Å². The van der Waals surface area contributed by atoms with Crippen molar-refractivity contribution in [2.75, 3.05) is 18.7 Å². The number of nitrogens with one attached hydrogen (secondary N) is 1. The number of amides is 2. The molecule has 0 radical (unpaired) electrons. The van der Waals surface area contributed by atoms with Crippen molar-refractivity contribution in [2.45, 2.75) is 5.51 Å². The van der Waals surface area contributed by atoms with Crippen LogP contribution in [0.1, 0.15) is 0 Å². The van der Waals surface area contributed by atoms with E-state index in [1.54, 1.807) is 0 Å². The van der Waals surface area contributed by atoms with Gasteiger partial charge in [0.2, 0.25) is 0 Å². The fourth-order valence-corrected chi connectivity index (χ4v) is 2.79. The van der Waals surface area contributed by atoms with E-state index in [0.29, 0.717) is 4.41 Å². The highest BCUT2D eigenvalue weighted by molar-refractivity contribution is 7.98. The van der Waals surface area contributed by atoms with Crippen LogP contribution in [0.3, 0.4) is 0 Å². The smallest absolute Gasteiger partial charge is 0.463 e. The maximum Gasteiger partial charge on any atom is 0.463 e. The summed E-state index contributed by atoms with van der Waals surface area (Å²) in [5, 5.41) is 0.296. The summed E-state index contributed by atoms with van der Waals surface area (Å²) in [4.78, 5) is 13.0. The predicted molar refractivity (Wildman–Crippen MR) is 74.4 cm³/mol. The molecule has 11 heteroatoms. The average Bonchev–Trinajstić information content (AvgIpc) is 2.68. The largest absolute Gasteiger partial charge is 0.494 e. The van der Waals surface area contributed by atoms with Crippen LogP contribution in [0, 0.1) is 0 Å². The molecule has 0 aromatic heterocycles. The number of hydrogen-bond donors (Lipinski definition) is 1. The Morgan fingerprint density at radius 2 is 1.90 bits per heavy atom. The van der Waals surface area contributed by atoms with E-state index in [-0.39, 0.29) is 28.2 Å². The molecule has 116 valence electrons. The number of rotatable bonds is 3. The minimum atomic E-state index is -4.58. The number of carbonyl (C=O) groups excluding carboxylic acids is 1. The van der Waals surface area contributed by atoms with Gasteiger partial charge in [-0.15, -0.1) is 0 Å². The van der Waals surface area contributed by atoms with Crippen LogP contribution in [0.4, 0.5) is 23.7 Å². The number of urea groups is 1. The lowest BCUT2D eigenvalue weighted by atomic mass is 10.3. The van der Waals surface area contributed by atoms with Crippen LogP contribution in [0.15, 0.2) is 12.1 Å². The van der Waals surface area contributed by atoms with Gasteiger partial charge in [-0.2, -0.15) is 23.0 Å². The van der Waals surface area contributed by atoms with Crippen molar-refractivity contribution >= 4 is 46.9 Å². The minimum Gasteiger partial charge on any atom is -0.494 e. The zero-order chi connectivity index (χ0) is 15.8. The number of halogens is 5. The molecule has 1 aromatic rings. The van der Waals surface area contributed by atoms with Gasteiger partial charge < -0.3 is 4.74 Å². The molecule has 0 bridgehead atoms. The van der Waals surface area contributed by atoms with Crippen LogP contribution in [0.25, 0.3) is 0 Å². The number of nitrogens with zero attached hydrogens (tertiary/aromatic N) is 2. The second kappa shape index (κ2) is 5.99. The Kier molecular flexibility index (Phi) is 4.66. The molecule has 1 heterocycles. The van der Waals surface area contributed by atoms with Gasteiger partial charge >= 0.3 is 11.5 Å². The quantitative estimate of drug-likeness (QED) is 0.830. The van der Waals surface area contributed by atoms with Crippen LogP contribution in [0.5, 0.6) is 5.75 Å². The van der Waals surface area contributed by atoms with Crippen molar-refractivity contribution in [3.05, 3.63) is 22.2 Å². The molecule has 0 aliphatic carbocycles. The van der Waals surface area contributed by atoms with Gasteiger partial charge in [-0.25, -0.2) is 4.79 Å². The fourth-order valence-electron chi connectivity index (χ4n) is 1.65. The average molecular weight is 362 g/mol. The summed E-state index contributed by atoms with van der Waals surface area (Å²) in [7, 11) is 1.37. The molecule has 2 rings (SSSR count). The minimum absolute atomic E-state index is 0.138. The maximum atomic E-state index is 12.3. The molecule has 0 saturated carbocycles. The molecule has 1 aromatic carbocycles. The Labute approximate surface area is 132 Å². The molecule has 0 spiro atoms. The van der Waals surface area contributed by atoms with Crippen molar-refractivity contribution in [1.29, 1.82) is 0 Å². The van der Waals surface area contributed by atoms with Gasteiger partial charge in [0.15, 0.2) is 5.75 Å². The molecule has 2 amide bonds. The van der Waals surface area contributed by atoms with Crippen LogP contribution < -0.4 is 15.1 Å². The summed E-state index contributed by atoms with van der Waals surface area (Å²) < 4.78 is 42.2. The van der Waals surface area contributed by atoms with E-state index in [4.69, 9.17) is 27.9 Å². The summed E-state index contributed by atoms with van der Waals surface area (Å²) in [6.07, 6.45) is 0. The van der Waals surface area contributed by atoms with E-state index in [2.05, 4.69) is 5.43 Å². The van der Waals surface area contributed by atoms with Gasteiger partial charge in [0.05, 0.1) is 41.5 Å². The molecule has 1 N–H and O–H groups in total. The summed E-state index contributed by atoms with van der Waals surface area (Å²) in [5.74, 6) is 0.225. The Morgan fingerprint density at radius 1 is 1.33 bits per heavy atom. The number of ether oxygens (including phenoxy) is 1. The zero-order valence-electron chi connectivity index (χ0n) is 10.4. The number of anilines is 1. The lowest BCUT2D eigenvalue weighted by Crippen LogP contribution is -2.32. The Bertz CT molecular complexity index is 550. The first-order valence-corrected chi connectivity index (χ1v) is 6.90. The molecule has 1 aliphatic heterocycles. The van der Waals surface area contributed by atoms with Gasteiger partial charge in [-0.3, -0.25) is 4.90 Å². The lowest BCUT2D eigenvalue weighted by molar-refractivity contribution is -0.0359. The van der Waals surface area contributed by atoms with Crippen molar-refractivity contribution in [2.24, 2.45) is 0 Å². The van der Waals surface area contributed by atoms with Gasteiger partial charge in [-0.1, -0.05) is 23.2 Å². The van der Waals surface area contributed by atoms with Crippen molar-refractivity contribution in [3.8, 4) is 5.75 Å². The highest BCUT2D eigenvalue weighted by atomic mass is 35.5. The number of carbonyl (C=O) groups is 1. The van der Waals surface area contributed by atoms with E-state index in [9.17, 15) is 18.0 Å². The van der Waals surface area contributed by atoms with E-state index < -0.39 is 23.5 Å². The maximum absolute atomic E-state index is 12.3. The number of benzene rings is 1. The Balaban J connectivity index is 2.23. The number of hydrogen-bond acceptors (Lipinski definition) is 4. The second-order valence-electron chi connectivity index (χ2n) is 3.80. The van der Waals surface area contributed by atoms with Crippen LogP contribution in [-0.2, 0) is 0 Å². The van der Waals surface area contributed by atoms with E-state index in [0.717, 1.165) is 4.90 Å². The van der Waals surface area contributed by atoms with Crippen molar-refractivity contribution in [3.63, 3.8) is 0 Å². The second-order valence-corrected chi connectivity index (χ2v) is 5.63. The standard InChI is InChI=1S/C10H8Cl2F3N3O2S/c1-20-8-6(11)2-5(3-7(8)12)17-4-16-18(9(17)19)21-10(13,14)15/h2-3,16H,4H2,1H3. The number of alkyl halides is 3. The molecular formula is C10H8Cl2F3N3O2S. The SMILES string of the molecule is COc1c(Cl)cc(N2CNN(SC(F)(F)F)C2=O)cc1Cl. The molecule has 0 unspecified atom stereocenters. The van der Waals surface area contributed by atoms with Crippen LogP contribution in [-0.4, -0.2) is 29.7 Å². The van der Waals surface area contributed by atoms with Crippen LogP contribution >= 0.6 is 35.1 Å². The fraction of sp³-hybridized carbons (Fsp3) is 0.300. The third-order valence-corrected chi connectivity index (χ3v) is 3.71. The summed E-state index contributed by atoms with van der Waals surface area (Å²) in [6, 6.07) is 1.89. The molecule has 21 heavy (non-hydrogen) atoms. The van der Waals surface area contributed by atoms with E-state index >= 15 is 0 Å². The molecule has 1 aliphatic rings. The van der Waals surface area contributed by atoms with E-state index in [1.165, 1.54) is 19.2 Å². The molecular weight excluding hydrogens is 354 g/mol. The monoisotopic (exact) mass is 361 g/mol. The van der Waals surface area contributed by atoms with E-state index in [1.807, 2.05) is 0 Å². The van der Waals surface area contributed by atoms with Gasteiger partial charge in [0.25, 0.3) is 0 Å². The third kappa shape index (κ3) is 3.60. The molecule has 1 fully saturated rings. The first-order valence-electron chi connectivity index (χ1n) is 5.37. The third-order valence-electron chi connectivity index (χ3n) is 2.47. The molecule has 1 saturated heterocycles. The highest BCUT2D eigenvalue weighted by Crippen LogP contribution is 2.39. The lowest BCUT2D eigenvalue weighted by Gasteiger charge is -2.18. The normalized spacial score (nSPS) is 15.8. The Hall–Kier alpha value is -1.03. The summed E-state index contributed by atoms with van der Waals surface area (Å²) in [6.45, 7) is -0.138. The number of methoxy groups -OCH3 is 1. The molecule has 0 atom stereocenters. The topological polar surface area (TPSA) is 44.8 Å². The van der Waals surface area contributed by atoms with Crippen molar-refractivity contribution in [1.82, 2.24) is 9.84 Å². The zero-order valence-corrected chi connectivity index (χ0v) is 12.7. The van der Waals surface area contributed by atoms with Crippen LogP contribution in [0.2, 0.25) is 10.0 Å². The number of hydrazine groups is 1. The summed E-state index contributed by atoms with van der Waals surface area (Å²) >= 11 is 11.3. The highest BCUT2D eigenvalue weighted by Gasteiger charge is 2.40. The first kappa shape index (κ1) is 16.3. The van der Waals surface area contributed by atoms with Gasteiger partial charge in [0, 0.05) is 0 Å². The summed E-state index contributed by atoms with van der Waals surface area (Å²) in [5.41, 5.74) is -2.00. The van der Waals surface area contributed by atoms with Gasteiger partial charge in [-0.05, 0) is 12.1 Å².